The number of para-hydroxylation sites is 5. The van der Waals surface area contributed by atoms with Crippen LogP contribution in [0.4, 0.5) is 45.6 Å². The SMILES string of the molecule is Cc1cc(NCC(=O)O)cc(C)n1.O=C(O)C1CCCCN1c1ccccc1.O=C(O)C1CCc2ccccc2N1.O=C(O)CN(c1ccccc1)c1ccccc1.O=C(O)CNc1ccc2ccccc2c1.O=C(O)CNc1ccccn1.O=C(O)CNc1ccncc1.O=C(O)COc1ccccc1.O=C(O)COc1ccccn1. The molecule has 13 rings (SSSR count). The Morgan fingerprint density at radius 2 is 0.932 bits per heavy atom. The van der Waals surface area contributed by atoms with Gasteiger partial charge in [0.1, 0.15) is 56.4 Å². The number of ether oxygens (including phenoxy) is 2. The molecule has 0 saturated carbocycles. The Labute approximate surface area is 674 Å². The second-order valence-corrected chi connectivity index (χ2v) is 24.7. The monoisotopic (exact) mass is 1600 g/mol. The highest BCUT2D eigenvalue weighted by Crippen LogP contribution is 2.27. The van der Waals surface area contributed by atoms with Crippen molar-refractivity contribution in [3.05, 3.63) is 290 Å². The Morgan fingerprint density at radius 1 is 0.436 bits per heavy atom. The number of aliphatic carboxylic acids is 9. The van der Waals surface area contributed by atoms with E-state index in [4.69, 9.17) is 55.4 Å². The largest absolute Gasteiger partial charge is 0.482 e. The van der Waals surface area contributed by atoms with Crippen LogP contribution >= 0.6 is 0 Å². The molecule has 2 aliphatic heterocycles. The molecule has 1 saturated heterocycles. The summed E-state index contributed by atoms with van der Waals surface area (Å²) in [6.45, 7) is 3.62. The quantitative estimate of drug-likeness (QED) is 0.0253. The van der Waals surface area contributed by atoms with Crippen molar-refractivity contribution >= 4 is 110 Å². The molecule has 11 aromatic rings. The number of hydrogen-bond acceptors (Lipinski definition) is 22. The van der Waals surface area contributed by atoms with E-state index in [1.165, 1.54) is 11.8 Å². The molecular formula is C86H93N11O20. The van der Waals surface area contributed by atoms with Crippen molar-refractivity contribution in [2.24, 2.45) is 0 Å². The van der Waals surface area contributed by atoms with Gasteiger partial charge in [-0.3, -0.25) is 33.9 Å². The summed E-state index contributed by atoms with van der Waals surface area (Å²) < 4.78 is 9.62. The van der Waals surface area contributed by atoms with Crippen LogP contribution < -0.4 is 45.9 Å². The molecule has 31 heteroatoms. The van der Waals surface area contributed by atoms with E-state index in [9.17, 15) is 43.2 Å². The lowest BCUT2D eigenvalue weighted by atomic mass is 9.98. The topological polar surface area (TPSA) is 472 Å². The third kappa shape index (κ3) is 39.5. The number of nitrogens with one attached hydrogen (secondary N) is 5. The average molecular weight is 1600 g/mol. The van der Waals surface area contributed by atoms with Gasteiger partial charge in [0.05, 0.1) is 0 Å². The van der Waals surface area contributed by atoms with Gasteiger partial charge in [0.25, 0.3) is 0 Å². The number of fused-ring (bicyclic) bond motifs is 2. The van der Waals surface area contributed by atoms with E-state index in [0.717, 1.165) is 94.2 Å². The summed E-state index contributed by atoms with van der Waals surface area (Å²) in [6, 6.07) is 75.8. The van der Waals surface area contributed by atoms with Crippen molar-refractivity contribution < 1.29 is 98.6 Å². The van der Waals surface area contributed by atoms with Crippen LogP contribution in [0.5, 0.6) is 11.6 Å². The predicted molar refractivity (Wildman–Crippen MR) is 444 cm³/mol. The van der Waals surface area contributed by atoms with Gasteiger partial charge in [-0.05, 0) is 171 Å². The molecule has 1 fully saturated rings. The van der Waals surface area contributed by atoms with E-state index in [1.807, 2.05) is 195 Å². The highest BCUT2D eigenvalue weighted by atomic mass is 16.5. The molecule has 2 atom stereocenters. The number of carboxylic acid groups (broad SMARTS) is 9. The van der Waals surface area contributed by atoms with E-state index in [-0.39, 0.29) is 52.0 Å². The summed E-state index contributed by atoms with van der Waals surface area (Å²) in [5.41, 5.74) is 9.10. The molecule has 612 valence electrons. The van der Waals surface area contributed by atoms with Gasteiger partial charge in [0.2, 0.25) is 5.88 Å². The molecule has 0 spiro atoms. The molecule has 4 aromatic heterocycles. The fourth-order valence-corrected chi connectivity index (χ4v) is 10.5. The highest BCUT2D eigenvalue weighted by Gasteiger charge is 2.28. The Morgan fingerprint density at radius 3 is 1.46 bits per heavy atom. The lowest BCUT2D eigenvalue weighted by Crippen LogP contribution is -2.44. The number of aromatic nitrogens is 4. The first-order valence-corrected chi connectivity index (χ1v) is 36.3. The lowest BCUT2D eigenvalue weighted by Gasteiger charge is -2.34. The second kappa shape index (κ2) is 52.9. The van der Waals surface area contributed by atoms with Gasteiger partial charge in [-0.1, -0.05) is 133 Å². The zero-order chi connectivity index (χ0) is 85.0. The first-order valence-electron chi connectivity index (χ1n) is 36.3. The highest BCUT2D eigenvalue weighted by molar-refractivity contribution is 5.87. The van der Waals surface area contributed by atoms with Gasteiger partial charge in [-0.25, -0.2) is 29.1 Å². The minimum atomic E-state index is -1.00. The number of aryl methyl sites for hydroxylation is 3. The van der Waals surface area contributed by atoms with Crippen LogP contribution in [0.25, 0.3) is 10.8 Å². The van der Waals surface area contributed by atoms with Crippen molar-refractivity contribution in [1.29, 1.82) is 0 Å². The molecular weight excluding hydrogens is 1510 g/mol. The van der Waals surface area contributed by atoms with Crippen molar-refractivity contribution in [2.75, 3.05) is 88.9 Å². The van der Waals surface area contributed by atoms with Gasteiger partial charge < -0.3 is 91.8 Å². The number of piperidine rings is 1. The van der Waals surface area contributed by atoms with Crippen LogP contribution in [0.1, 0.15) is 42.6 Å². The normalized spacial score (nSPS) is 12.2. The minimum Gasteiger partial charge on any atom is -0.482 e. The second-order valence-electron chi connectivity index (χ2n) is 24.7. The summed E-state index contributed by atoms with van der Waals surface area (Å²) >= 11 is 0. The summed E-state index contributed by atoms with van der Waals surface area (Å²) in [7, 11) is 0. The first kappa shape index (κ1) is 92.4. The predicted octanol–water partition coefficient (Wildman–Crippen LogP) is 12.9. The van der Waals surface area contributed by atoms with Crippen LogP contribution in [0.2, 0.25) is 0 Å². The number of benzene rings is 7. The number of nitrogens with zero attached hydrogens (tertiary/aromatic N) is 6. The average Bonchev–Trinajstić information content (AvgIpc) is 0.854. The molecule has 14 N–H and O–H groups in total. The standard InChI is InChI=1S/C14H13NO2.C12H15NO2.C12H11NO2.C10H11NO2.C9H12N2O2.C8H8O3.2C7H8N2O2.C7H7NO3/c16-14(17)11-15(12-7-3-1-4-8-12)13-9-5-2-6-10-13;14-12(15)11-8-4-5-9-13(11)10-6-2-1-3-7-10;14-12(15)8-13-11-6-5-9-3-1-2-4-10(9)7-11;12-10(13)9-6-5-7-3-1-2-4-8(7)11-9;1-6-3-8(4-7(2)11-6)10-5-9(12)13;9-8(10)6-11-7-4-2-1-3-5-7;10-7(11)5-9-6-1-3-8-4-2-6;10-7(11)5-9-6-3-1-2-4-8-6;9-7(10)5-11-6-3-1-2-4-8-6/h1-10H,11H2,(H,16,17);1-3,6-7,11H,4-5,8-9H2,(H,14,15);1-7,13H,8H2,(H,14,15);1-4,9,11H,5-6H2,(H,12,13);3-4H,5H2,1-2H3,(H,10,11)(H,12,13);1-5H,6H2,(H,9,10);2*1-4H,5H2,(H,8,9)(H,10,11);1-4H,5H2,(H,9,10). The summed E-state index contributed by atoms with van der Waals surface area (Å²) in [4.78, 5) is 113. The zero-order valence-electron chi connectivity index (χ0n) is 64.0. The maximum atomic E-state index is 11.1. The van der Waals surface area contributed by atoms with E-state index in [2.05, 4.69) is 46.5 Å². The maximum Gasteiger partial charge on any atom is 0.341 e. The molecule has 117 heavy (non-hydrogen) atoms. The van der Waals surface area contributed by atoms with Crippen molar-refractivity contribution in [2.45, 2.75) is 58.0 Å². The summed E-state index contributed by atoms with van der Waals surface area (Å²) in [6.07, 6.45) is 10.7. The van der Waals surface area contributed by atoms with E-state index in [1.54, 1.807) is 96.3 Å². The molecule has 31 nitrogen and oxygen atoms in total. The van der Waals surface area contributed by atoms with Crippen LogP contribution in [0.3, 0.4) is 0 Å². The van der Waals surface area contributed by atoms with Gasteiger partial charge in [0.15, 0.2) is 13.2 Å². The number of rotatable bonds is 25. The number of hydrogen-bond donors (Lipinski definition) is 14. The van der Waals surface area contributed by atoms with Crippen LogP contribution in [-0.4, -0.2) is 184 Å². The van der Waals surface area contributed by atoms with Gasteiger partial charge in [-0.15, -0.1) is 0 Å². The number of carboxylic acids is 9. The Hall–Kier alpha value is -15.2. The molecule has 0 aliphatic carbocycles. The molecule has 0 bridgehead atoms. The Balaban J connectivity index is 0.000000236. The Bertz CT molecular complexity index is 4530. The third-order valence-electron chi connectivity index (χ3n) is 15.7. The van der Waals surface area contributed by atoms with Crippen LogP contribution in [-0.2, 0) is 49.6 Å². The zero-order valence-corrected chi connectivity index (χ0v) is 64.0. The van der Waals surface area contributed by atoms with Crippen molar-refractivity contribution in [1.82, 2.24) is 19.9 Å². The Kier molecular flexibility index (Phi) is 41.8. The van der Waals surface area contributed by atoms with Crippen molar-refractivity contribution in [3.8, 4) is 11.6 Å². The van der Waals surface area contributed by atoms with Crippen LogP contribution in [0, 0.1) is 13.8 Å². The first-order chi connectivity index (χ1) is 56.3. The number of carbonyl (C=O) groups is 9. The molecule has 6 heterocycles. The summed E-state index contributed by atoms with van der Waals surface area (Å²) in [5.74, 6) is -6.30. The molecule has 2 unspecified atom stereocenters. The molecule has 0 amide bonds. The lowest BCUT2D eigenvalue weighted by molar-refractivity contribution is -0.140. The third-order valence-corrected chi connectivity index (χ3v) is 15.7. The van der Waals surface area contributed by atoms with E-state index >= 15 is 0 Å². The van der Waals surface area contributed by atoms with Gasteiger partial charge >= 0.3 is 53.7 Å². The maximum absolute atomic E-state index is 11.1. The van der Waals surface area contributed by atoms with Crippen LogP contribution in [0.15, 0.2) is 274 Å². The smallest absolute Gasteiger partial charge is 0.341 e. The van der Waals surface area contributed by atoms with Gasteiger partial charge in [0, 0.05) is 88.6 Å². The molecule has 0 radical (unpaired) electrons. The number of anilines is 8. The summed E-state index contributed by atoms with van der Waals surface area (Å²) in [5, 5.41) is 93.1. The molecule has 7 aromatic carbocycles. The van der Waals surface area contributed by atoms with Gasteiger partial charge in [-0.2, -0.15) is 0 Å². The fourth-order valence-electron chi connectivity index (χ4n) is 10.5. The minimum absolute atomic E-state index is 0.0476. The fraction of sp³-hybridized carbons (Fsp3) is 0.198. The molecule has 2 aliphatic rings. The van der Waals surface area contributed by atoms with Crippen molar-refractivity contribution in [3.63, 3.8) is 0 Å². The van der Waals surface area contributed by atoms with E-state index in [0.29, 0.717) is 23.9 Å². The number of pyridine rings is 4. The van der Waals surface area contributed by atoms with E-state index < -0.39 is 59.8 Å².